The van der Waals surface area contributed by atoms with E-state index in [1.54, 1.807) is 30.5 Å². The third-order valence-electron chi connectivity index (χ3n) is 2.83. The summed E-state index contributed by atoms with van der Waals surface area (Å²) < 4.78 is 13.5. The van der Waals surface area contributed by atoms with Crippen LogP contribution in [0.2, 0.25) is 0 Å². The Morgan fingerprint density at radius 3 is 2.76 bits per heavy atom. The maximum Gasteiger partial charge on any atom is 0.274 e. The minimum absolute atomic E-state index is 0.143. The molecule has 2 rings (SSSR count). The molecular formula is C16H18FN3O. The first-order chi connectivity index (χ1) is 10.1. The molecular weight excluding hydrogens is 269 g/mol. The van der Waals surface area contributed by atoms with E-state index in [1.807, 2.05) is 0 Å². The number of carbonyl (C=O) groups excluding carboxylic acids is 1. The van der Waals surface area contributed by atoms with Crippen LogP contribution in [-0.4, -0.2) is 17.4 Å². The minimum atomic E-state index is -0.472. The molecule has 0 spiro atoms. The van der Waals surface area contributed by atoms with Crippen molar-refractivity contribution < 1.29 is 9.18 Å². The summed E-state index contributed by atoms with van der Waals surface area (Å²) in [6, 6.07) is 9.48. The summed E-state index contributed by atoms with van der Waals surface area (Å²) in [6.45, 7) is 5.00. The van der Waals surface area contributed by atoms with Gasteiger partial charge in [0.2, 0.25) is 0 Å². The first kappa shape index (κ1) is 15.0. The topological polar surface area (TPSA) is 54.0 Å². The monoisotopic (exact) mass is 287 g/mol. The van der Waals surface area contributed by atoms with E-state index < -0.39 is 11.7 Å². The molecule has 0 bridgehead atoms. The number of carbonyl (C=O) groups is 1. The number of hydrogen-bond donors (Lipinski definition) is 2. The normalized spacial score (nSPS) is 10.5. The van der Waals surface area contributed by atoms with Gasteiger partial charge in [-0.3, -0.25) is 9.78 Å². The van der Waals surface area contributed by atoms with Crippen molar-refractivity contribution in [1.82, 2.24) is 4.98 Å². The molecule has 0 fully saturated rings. The summed E-state index contributed by atoms with van der Waals surface area (Å²) in [5.41, 5.74) is 1.20. The highest BCUT2D eigenvalue weighted by atomic mass is 19.1. The number of amides is 1. The van der Waals surface area contributed by atoms with Crippen LogP contribution in [0.4, 0.5) is 15.8 Å². The largest absolute Gasteiger partial charge is 0.385 e. The first-order valence-corrected chi connectivity index (χ1v) is 6.82. The number of nitrogens with zero attached hydrogens (tertiary/aromatic N) is 1. The number of rotatable bonds is 5. The molecule has 0 atom stereocenters. The Bertz CT molecular complexity index is 628. The molecule has 1 heterocycles. The van der Waals surface area contributed by atoms with Crippen LogP contribution in [-0.2, 0) is 0 Å². The van der Waals surface area contributed by atoms with Crippen molar-refractivity contribution in [2.24, 2.45) is 5.92 Å². The average Bonchev–Trinajstić information content (AvgIpc) is 2.48. The van der Waals surface area contributed by atoms with Crippen LogP contribution in [0.5, 0.6) is 0 Å². The van der Waals surface area contributed by atoms with Crippen LogP contribution in [0.15, 0.2) is 42.6 Å². The van der Waals surface area contributed by atoms with Crippen LogP contribution in [0.25, 0.3) is 0 Å². The molecule has 2 aromatic rings. The number of anilines is 2. The Morgan fingerprint density at radius 2 is 2.05 bits per heavy atom. The lowest BCUT2D eigenvalue weighted by molar-refractivity contribution is 0.102. The van der Waals surface area contributed by atoms with Gasteiger partial charge < -0.3 is 10.6 Å². The quantitative estimate of drug-likeness (QED) is 0.884. The van der Waals surface area contributed by atoms with E-state index in [0.29, 0.717) is 5.92 Å². The molecule has 0 saturated carbocycles. The summed E-state index contributed by atoms with van der Waals surface area (Å²) in [6.07, 6.45) is 1.55. The second-order valence-electron chi connectivity index (χ2n) is 5.14. The van der Waals surface area contributed by atoms with Gasteiger partial charge in [-0.15, -0.1) is 0 Å². The molecule has 4 nitrogen and oxygen atoms in total. The number of pyridine rings is 1. The fourth-order valence-electron chi connectivity index (χ4n) is 1.74. The van der Waals surface area contributed by atoms with Gasteiger partial charge in [0.15, 0.2) is 0 Å². The van der Waals surface area contributed by atoms with E-state index >= 15 is 0 Å². The van der Waals surface area contributed by atoms with E-state index in [4.69, 9.17) is 0 Å². The van der Waals surface area contributed by atoms with E-state index in [-0.39, 0.29) is 11.4 Å². The summed E-state index contributed by atoms with van der Waals surface area (Å²) in [5, 5.41) is 5.73. The molecule has 0 aliphatic heterocycles. The molecule has 5 heteroatoms. The summed E-state index contributed by atoms with van der Waals surface area (Å²) in [7, 11) is 0. The van der Waals surface area contributed by atoms with Crippen molar-refractivity contribution in [1.29, 1.82) is 0 Å². The molecule has 0 aliphatic rings. The molecule has 1 aromatic carbocycles. The number of benzene rings is 1. The predicted octanol–water partition coefficient (Wildman–Crippen LogP) is 3.54. The lowest BCUT2D eigenvalue weighted by Gasteiger charge is -2.10. The second kappa shape index (κ2) is 6.83. The van der Waals surface area contributed by atoms with Crippen molar-refractivity contribution in [3.8, 4) is 0 Å². The molecule has 1 amide bonds. The fraction of sp³-hybridized carbons (Fsp3) is 0.250. The molecule has 0 unspecified atom stereocenters. The smallest absolute Gasteiger partial charge is 0.274 e. The number of para-hydroxylation sites is 1. The molecule has 1 aromatic heterocycles. The maximum atomic E-state index is 13.5. The lowest BCUT2D eigenvalue weighted by atomic mass is 10.2. The summed E-state index contributed by atoms with van der Waals surface area (Å²) in [5.74, 6) is -0.415. The summed E-state index contributed by atoms with van der Waals surface area (Å²) in [4.78, 5) is 16.1. The zero-order valence-electron chi connectivity index (χ0n) is 12.1. The van der Waals surface area contributed by atoms with E-state index in [2.05, 4.69) is 29.5 Å². The van der Waals surface area contributed by atoms with E-state index in [1.165, 1.54) is 12.1 Å². The Hall–Kier alpha value is -2.43. The Balaban J connectivity index is 2.09. The van der Waals surface area contributed by atoms with Gasteiger partial charge in [-0.05, 0) is 30.2 Å². The standard InChI is InChI=1S/C16H18FN3O/c1-11(2)10-19-12-7-8-18-15(9-12)16(21)20-14-6-4-3-5-13(14)17/h3-9,11H,10H2,1-2H3,(H,18,19)(H,20,21). The van der Waals surface area contributed by atoms with Crippen molar-refractivity contribution >= 4 is 17.3 Å². The predicted molar refractivity (Wildman–Crippen MR) is 81.9 cm³/mol. The highest BCUT2D eigenvalue weighted by Gasteiger charge is 2.10. The highest BCUT2D eigenvalue weighted by molar-refractivity contribution is 6.03. The fourth-order valence-corrected chi connectivity index (χ4v) is 1.74. The van der Waals surface area contributed by atoms with Crippen molar-refractivity contribution in [2.45, 2.75) is 13.8 Å². The third kappa shape index (κ3) is 4.27. The van der Waals surface area contributed by atoms with Crippen LogP contribution >= 0.6 is 0 Å². The average molecular weight is 287 g/mol. The molecule has 0 radical (unpaired) electrons. The molecule has 21 heavy (non-hydrogen) atoms. The Labute approximate surface area is 123 Å². The molecule has 110 valence electrons. The van der Waals surface area contributed by atoms with Gasteiger partial charge in [-0.1, -0.05) is 26.0 Å². The van der Waals surface area contributed by atoms with Gasteiger partial charge in [0.05, 0.1) is 5.69 Å². The SMILES string of the molecule is CC(C)CNc1ccnc(C(=O)Nc2ccccc2F)c1. The Morgan fingerprint density at radius 1 is 1.29 bits per heavy atom. The molecule has 0 aliphatic carbocycles. The molecule has 0 saturated heterocycles. The van der Waals surface area contributed by atoms with Crippen molar-refractivity contribution in [3.05, 3.63) is 54.1 Å². The number of halogens is 1. The third-order valence-corrected chi connectivity index (χ3v) is 2.83. The number of nitrogens with one attached hydrogen (secondary N) is 2. The van der Waals surface area contributed by atoms with Crippen LogP contribution in [0.3, 0.4) is 0 Å². The van der Waals surface area contributed by atoms with E-state index in [9.17, 15) is 9.18 Å². The Kier molecular flexibility index (Phi) is 4.87. The van der Waals surface area contributed by atoms with Crippen molar-refractivity contribution in [3.63, 3.8) is 0 Å². The van der Waals surface area contributed by atoms with Gasteiger partial charge in [0.1, 0.15) is 11.5 Å². The minimum Gasteiger partial charge on any atom is -0.385 e. The van der Waals surface area contributed by atoms with Gasteiger partial charge in [0.25, 0.3) is 5.91 Å². The zero-order valence-corrected chi connectivity index (χ0v) is 12.1. The number of aromatic nitrogens is 1. The summed E-state index contributed by atoms with van der Waals surface area (Å²) >= 11 is 0. The van der Waals surface area contributed by atoms with Gasteiger partial charge in [0, 0.05) is 18.4 Å². The molecule has 2 N–H and O–H groups in total. The van der Waals surface area contributed by atoms with Gasteiger partial charge in [-0.2, -0.15) is 0 Å². The van der Waals surface area contributed by atoms with Gasteiger partial charge in [-0.25, -0.2) is 4.39 Å². The zero-order chi connectivity index (χ0) is 15.2. The van der Waals surface area contributed by atoms with Crippen molar-refractivity contribution in [2.75, 3.05) is 17.2 Å². The highest BCUT2D eigenvalue weighted by Crippen LogP contribution is 2.15. The lowest BCUT2D eigenvalue weighted by Crippen LogP contribution is -2.15. The first-order valence-electron chi connectivity index (χ1n) is 6.82. The van der Waals surface area contributed by atoms with E-state index in [0.717, 1.165) is 12.2 Å². The number of hydrogen-bond acceptors (Lipinski definition) is 3. The maximum absolute atomic E-state index is 13.5. The second-order valence-corrected chi connectivity index (χ2v) is 5.14. The van der Waals surface area contributed by atoms with Crippen LogP contribution in [0, 0.1) is 11.7 Å². The van der Waals surface area contributed by atoms with Gasteiger partial charge >= 0.3 is 0 Å². The van der Waals surface area contributed by atoms with Crippen LogP contribution in [0.1, 0.15) is 24.3 Å². The van der Waals surface area contributed by atoms with Crippen LogP contribution < -0.4 is 10.6 Å².